The number of benzene rings is 1. The zero-order chi connectivity index (χ0) is 17.9. The molecule has 9 heteroatoms. The Morgan fingerprint density at radius 2 is 2.00 bits per heavy atom. The third kappa shape index (κ3) is 4.64. The fourth-order valence-electron chi connectivity index (χ4n) is 2.58. The molecule has 24 heavy (non-hydrogen) atoms. The van der Waals surface area contributed by atoms with E-state index >= 15 is 0 Å². The average molecular weight is 371 g/mol. The van der Waals surface area contributed by atoms with Gasteiger partial charge in [-0.05, 0) is 36.6 Å². The van der Waals surface area contributed by atoms with Crippen LogP contribution in [0, 0.1) is 11.3 Å². The maximum Gasteiger partial charge on any atom is 0.276 e. The molecule has 7 nitrogen and oxygen atoms in total. The van der Waals surface area contributed by atoms with Gasteiger partial charge in [-0.25, -0.2) is 5.14 Å². The maximum atomic E-state index is 12.4. The van der Waals surface area contributed by atoms with Crippen molar-refractivity contribution in [3.8, 4) is 0 Å². The Kier molecular flexibility index (Phi) is 5.76. The number of hydrogen-bond acceptors (Lipinski definition) is 4. The number of anilines is 1. The number of Topliss-reactive ketones (excluding diaryl/α,β-unsaturated/α-hetero) is 1. The number of rotatable bonds is 5. The molecule has 0 radical (unpaired) electrons. The van der Waals surface area contributed by atoms with Gasteiger partial charge in [0.15, 0.2) is 5.84 Å². The Morgan fingerprint density at radius 3 is 2.54 bits per heavy atom. The standard InChI is InChI=1S/C15H19ClN4O3S/c1-2-10-7-12(16)9-13(8-10)19-15(17)14(21)11-3-5-20(6-4-11)24(18,22)23/h2,7-9,11H,1,3-6H2,(H2,17,19)(H2,18,22,23). The van der Waals surface area contributed by atoms with Crippen molar-refractivity contribution in [2.75, 3.05) is 18.4 Å². The highest BCUT2D eigenvalue weighted by Crippen LogP contribution is 2.22. The molecule has 1 heterocycles. The van der Waals surface area contributed by atoms with Crippen LogP contribution in [0.4, 0.5) is 5.69 Å². The first kappa shape index (κ1) is 18.6. The molecule has 0 saturated carbocycles. The third-order valence-corrected chi connectivity index (χ3v) is 5.16. The zero-order valence-electron chi connectivity index (χ0n) is 13.0. The first-order valence-corrected chi connectivity index (χ1v) is 9.19. The van der Waals surface area contributed by atoms with E-state index in [2.05, 4.69) is 11.9 Å². The number of halogens is 1. The van der Waals surface area contributed by atoms with Crippen LogP contribution in [0.1, 0.15) is 18.4 Å². The number of carbonyl (C=O) groups is 1. The first-order chi connectivity index (χ1) is 11.2. The highest BCUT2D eigenvalue weighted by molar-refractivity contribution is 7.86. The van der Waals surface area contributed by atoms with Gasteiger partial charge in [-0.15, -0.1) is 0 Å². The topological polar surface area (TPSA) is 116 Å². The summed E-state index contributed by atoms with van der Waals surface area (Å²) in [4.78, 5) is 12.4. The third-order valence-electron chi connectivity index (χ3n) is 3.86. The number of piperidine rings is 1. The summed E-state index contributed by atoms with van der Waals surface area (Å²) < 4.78 is 23.7. The number of hydrogen-bond donors (Lipinski definition) is 3. The van der Waals surface area contributed by atoms with Crippen LogP contribution in [0.25, 0.3) is 6.08 Å². The number of nitrogens with one attached hydrogen (secondary N) is 2. The molecule has 2 rings (SSSR count). The van der Waals surface area contributed by atoms with Gasteiger partial charge in [-0.1, -0.05) is 24.3 Å². The quantitative estimate of drug-likeness (QED) is 0.541. The minimum absolute atomic E-state index is 0.181. The van der Waals surface area contributed by atoms with Crippen LogP contribution < -0.4 is 10.5 Å². The lowest BCUT2D eigenvalue weighted by atomic mass is 9.93. The predicted octanol–water partition coefficient (Wildman–Crippen LogP) is 1.86. The lowest BCUT2D eigenvalue weighted by Gasteiger charge is -2.29. The first-order valence-electron chi connectivity index (χ1n) is 7.31. The largest absolute Gasteiger partial charge is 0.338 e. The Morgan fingerprint density at radius 1 is 1.38 bits per heavy atom. The van der Waals surface area contributed by atoms with Crippen molar-refractivity contribution in [3.63, 3.8) is 0 Å². The van der Waals surface area contributed by atoms with Gasteiger partial charge in [0, 0.05) is 29.7 Å². The molecule has 0 spiro atoms. The number of nitrogens with two attached hydrogens (primary N) is 1. The fourth-order valence-corrected chi connectivity index (χ4v) is 3.55. The molecule has 1 saturated heterocycles. The van der Waals surface area contributed by atoms with Crippen LogP contribution in [-0.4, -0.2) is 37.4 Å². The summed E-state index contributed by atoms with van der Waals surface area (Å²) in [5.41, 5.74) is 1.30. The van der Waals surface area contributed by atoms with Crippen molar-refractivity contribution in [2.45, 2.75) is 12.8 Å². The van der Waals surface area contributed by atoms with Crippen LogP contribution in [-0.2, 0) is 15.0 Å². The number of amidine groups is 1. The lowest BCUT2D eigenvalue weighted by molar-refractivity contribution is -0.117. The molecule has 130 valence electrons. The normalized spacial score (nSPS) is 16.6. The van der Waals surface area contributed by atoms with Crippen LogP contribution >= 0.6 is 11.6 Å². The Balaban J connectivity index is 2.00. The van der Waals surface area contributed by atoms with E-state index in [1.807, 2.05) is 0 Å². The summed E-state index contributed by atoms with van der Waals surface area (Å²) in [6.45, 7) is 4.02. The average Bonchev–Trinajstić information content (AvgIpc) is 2.52. The van der Waals surface area contributed by atoms with Crippen molar-refractivity contribution in [1.82, 2.24) is 4.31 Å². The van der Waals surface area contributed by atoms with E-state index in [4.69, 9.17) is 22.1 Å². The summed E-state index contributed by atoms with van der Waals surface area (Å²) in [6, 6.07) is 5.05. The summed E-state index contributed by atoms with van der Waals surface area (Å²) in [6.07, 6.45) is 2.30. The van der Waals surface area contributed by atoms with Crippen LogP contribution in [0.5, 0.6) is 0 Å². The molecule has 1 aromatic carbocycles. The van der Waals surface area contributed by atoms with Gasteiger partial charge in [-0.2, -0.15) is 12.7 Å². The second kappa shape index (κ2) is 7.43. The highest BCUT2D eigenvalue weighted by atomic mass is 35.5. The van der Waals surface area contributed by atoms with E-state index in [1.165, 1.54) is 0 Å². The molecule has 0 bridgehead atoms. The van der Waals surface area contributed by atoms with Crippen molar-refractivity contribution >= 4 is 45.2 Å². The van der Waals surface area contributed by atoms with Crippen LogP contribution in [0.15, 0.2) is 24.8 Å². The molecule has 1 aromatic rings. The van der Waals surface area contributed by atoms with E-state index in [0.717, 1.165) is 9.87 Å². The van der Waals surface area contributed by atoms with Crippen molar-refractivity contribution < 1.29 is 13.2 Å². The lowest BCUT2D eigenvalue weighted by Crippen LogP contribution is -2.44. The molecule has 0 aliphatic carbocycles. The Bertz CT molecular complexity index is 771. The van der Waals surface area contributed by atoms with Gasteiger partial charge in [0.1, 0.15) is 0 Å². The van der Waals surface area contributed by atoms with Crippen molar-refractivity contribution in [1.29, 1.82) is 5.41 Å². The Labute approximate surface area is 146 Å². The summed E-state index contributed by atoms with van der Waals surface area (Å²) >= 11 is 5.98. The van der Waals surface area contributed by atoms with Gasteiger partial charge in [0.2, 0.25) is 5.78 Å². The van der Waals surface area contributed by atoms with Crippen LogP contribution in [0.3, 0.4) is 0 Å². The number of ketones is 1. The van der Waals surface area contributed by atoms with E-state index in [0.29, 0.717) is 23.6 Å². The van der Waals surface area contributed by atoms with E-state index < -0.39 is 16.1 Å². The van der Waals surface area contributed by atoms with Gasteiger partial charge in [0.05, 0.1) is 0 Å². The minimum atomic E-state index is -3.73. The molecule has 0 amide bonds. The van der Waals surface area contributed by atoms with Crippen molar-refractivity contribution in [3.05, 3.63) is 35.4 Å². The van der Waals surface area contributed by atoms with Crippen molar-refractivity contribution in [2.24, 2.45) is 11.1 Å². The second-order valence-corrected chi connectivity index (χ2v) is 7.54. The maximum absolute atomic E-state index is 12.4. The molecule has 0 atom stereocenters. The smallest absolute Gasteiger partial charge is 0.276 e. The molecule has 1 aliphatic heterocycles. The molecule has 1 aliphatic rings. The molecule has 0 aromatic heterocycles. The van der Waals surface area contributed by atoms with Gasteiger partial charge < -0.3 is 5.32 Å². The predicted molar refractivity (Wildman–Crippen MR) is 95.3 cm³/mol. The molecular weight excluding hydrogens is 352 g/mol. The van der Waals surface area contributed by atoms with Gasteiger partial charge in [0.25, 0.3) is 10.2 Å². The molecule has 4 N–H and O–H groups in total. The SMILES string of the molecule is C=Cc1cc(Cl)cc(NC(=N)C(=O)C2CCN(S(N)(=O)=O)CC2)c1. The van der Waals surface area contributed by atoms with Gasteiger partial charge >= 0.3 is 0 Å². The second-order valence-electron chi connectivity index (χ2n) is 5.56. The van der Waals surface area contributed by atoms with E-state index in [-0.39, 0.29) is 24.7 Å². The van der Waals surface area contributed by atoms with Crippen LogP contribution in [0.2, 0.25) is 5.02 Å². The van der Waals surface area contributed by atoms with E-state index in [9.17, 15) is 13.2 Å². The number of carbonyl (C=O) groups excluding carboxylic acids is 1. The molecule has 0 unspecified atom stereocenters. The Hall–Kier alpha value is -1.74. The summed E-state index contributed by atoms with van der Waals surface area (Å²) in [7, 11) is -3.73. The number of nitrogens with zero attached hydrogens (tertiary/aromatic N) is 1. The summed E-state index contributed by atoms with van der Waals surface area (Å²) in [5.74, 6) is -1.01. The monoisotopic (exact) mass is 370 g/mol. The molecular formula is C15H19ClN4O3S. The minimum Gasteiger partial charge on any atom is -0.338 e. The molecule has 1 fully saturated rings. The van der Waals surface area contributed by atoms with E-state index in [1.54, 1.807) is 24.3 Å². The summed E-state index contributed by atoms with van der Waals surface area (Å²) in [5, 5.41) is 16.2. The van der Waals surface area contributed by atoms with Gasteiger partial charge in [-0.3, -0.25) is 10.2 Å². The zero-order valence-corrected chi connectivity index (χ0v) is 14.5. The fraction of sp³-hybridized carbons (Fsp3) is 0.333. The highest BCUT2D eigenvalue weighted by Gasteiger charge is 2.31.